The summed E-state index contributed by atoms with van der Waals surface area (Å²) in [6, 6.07) is 4.38. The lowest BCUT2D eigenvalue weighted by Crippen LogP contribution is -2.44. The van der Waals surface area contributed by atoms with Crippen molar-refractivity contribution < 1.29 is 5.11 Å². The topological polar surface area (TPSA) is 62.4 Å². The molecule has 0 saturated carbocycles. The van der Waals surface area contributed by atoms with Crippen LogP contribution in [0.2, 0.25) is 0 Å². The number of hydrogen-bond acceptors (Lipinski definition) is 4. The number of likely N-dealkylation sites (tertiary alicyclic amines) is 1. The van der Waals surface area contributed by atoms with Crippen LogP contribution in [-0.2, 0) is 0 Å². The van der Waals surface area contributed by atoms with Gasteiger partial charge in [0.25, 0.3) is 0 Å². The van der Waals surface area contributed by atoms with Crippen LogP contribution in [0.5, 0.6) is 0 Å². The molecule has 0 aliphatic carbocycles. The van der Waals surface area contributed by atoms with E-state index in [4.69, 9.17) is 5.73 Å². The molecular formula is C14H23N3O. The molecule has 4 unspecified atom stereocenters. The summed E-state index contributed by atoms with van der Waals surface area (Å²) in [5.41, 5.74) is 7.30. The lowest BCUT2D eigenvalue weighted by molar-refractivity contribution is 0.0926. The van der Waals surface area contributed by atoms with Crippen LogP contribution in [0.3, 0.4) is 0 Å². The highest BCUT2D eigenvalue weighted by atomic mass is 16.3. The van der Waals surface area contributed by atoms with Gasteiger partial charge in [-0.05, 0) is 37.4 Å². The summed E-state index contributed by atoms with van der Waals surface area (Å²) >= 11 is 0. The summed E-state index contributed by atoms with van der Waals surface area (Å²) < 4.78 is 0. The zero-order valence-corrected chi connectivity index (χ0v) is 11.2. The zero-order valence-electron chi connectivity index (χ0n) is 11.2. The number of rotatable bonds is 4. The molecule has 3 N–H and O–H groups in total. The maximum absolute atomic E-state index is 9.59. The molecule has 1 aromatic heterocycles. The molecule has 0 spiro atoms. The van der Waals surface area contributed by atoms with E-state index >= 15 is 0 Å². The Morgan fingerprint density at radius 2 is 2.39 bits per heavy atom. The molecule has 1 aliphatic heterocycles. The molecule has 100 valence electrons. The first-order valence-electron chi connectivity index (χ1n) is 6.67. The highest BCUT2D eigenvalue weighted by Gasteiger charge is 2.37. The Morgan fingerprint density at radius 3 is 2.94 bits per heavy atom. The molecule has 0 bridgehead atoms. The lowest BCUT2D eigenvalue weighted by Gasteiger charge is -2.36. The predicted molar refractivity (Wildman–Crippen MR) is 72.0 cm³/mol. The standard InChI is InChI=1S/C14H23N3O/c1-10-5-7-17(13(10)9-18)14(11(2)15)12-4-3-6-16-8-12/h3-4,6,8,10-11,13-14,18H,5,7,9,15H2,1-2H3. The number of pyridine rings is 1. The monoisotopic (exact) mass is 249 g/mol. The van der Waals surface area contributed by atoms with Gasteiger partial charge in [0, 0.05) is 24.5 Å². The van der Waals surface area contributed by atoms with Crippen LogP contribution >= 0.6 is 0 Å². The molecule has 18 heavy (non-hydrogen) atoms. The van der Waals surface area contributed by atoms with Crippen molar-refractivity contribution in [2.75, 3.05) is 13.2 Å². The van der Waals surface area contributed by atoms with Gasteiger partial charge in [0.1, 0.15) is 0 Å². The third kappa shape index (κ3) is 2.55. The fourth-order valence-electron chi connectivity index (χ4n) is 3.02. The molecule has 1 aromatic rings. The minimum atomic E-state index is 0.0218. The smallest absolute Gasteiger partial charge is 0.0589 e. The van der Waals surface area contributed by atoms with Crippen LogP contribution in [0, 0.1) is 5.92 Å². The van der Waals surface area contributed by atoms with Gasteiger partial charge in [-0.15, -0.1) is 0 Å². The van der Waals surface area contributed by atoms with Crippen LogP contribution in [0.15, 0.2) is 24.5 Å². The van der Waals surface area contributed by atoms with Crippen molar-refractivity contribution in [3.05, 3.63) is 30.1 Å². The third-order valence-electron chi connectivity index (χ3n) is 3.99. The molecule has 4 nitrogen and oxygen atoms in total. The van der Waals surface area contributed by atoms with Crippen molar-refractivity contribution in [1.29, 1.82) is 0 Å². The highest BCUT2D eigenvalue weighted by molar-refractivity contribution is 5.17. The minimum Gasteiger partial charge on any atom is -0.395 e. The van der Waals surface area contributed by atoms with Gasteiger partial charge in [-0.3, -0.25) is 9.88 Å². The predicted octanol–water partition coefficient (Wildman–Crippen LogP) is 1.17. The summed E-state index contributed by atoms with van der Waals surface area (Å²) in [7, 11) is 0. The van der Waals surface area contributed by atoms with Crippen molar-refractivity contribution in [3.8, 4) is 0 Å². The molecule has 2 heterocycles. The van der Waals surface area contributed by atoms with Crippen LogP contribution < -0.4 is 5.73 Å². The molecule has 4 atom stereocenters. The van der Waals surface area contributed by atoms with Crippen LogP contribution in [-0.4, -0.2) is 40.2 Å². The highest BCUT2D eigenvalue weighted by Crippen LogP contribution is 2.33. The van der Waals surface area contributed by atoms with E-state index in [9.17, 15) is 5.11 Å². The first kappa shape index (κ1) is 13.5. The SMILES string of the molecule is CC(N)C(c1cccnc1)N1CCC(C)C1CO. The van der Waals surface area contributed by atoms with Gasteiger partial charge in [0.05, 0.1) is 12.6 Å². The lowest BCUT2D eigenvalue weighted by atomic mass is 9.98. The molecule has 0 aromatic carbocycles. The van der Waals surface area contributed by atoms with Crippen molar-refractivity contribution in [1.82, 2.24) is 9.88 Å². The second-order valence-corrected chi connectivity index (χ2v) is 5.34. The Kier molecular flexibility index (Phi) is 4.32. The van der Waals surface area contributed by atoms with E-state index < -0.39 is 0 Å². The molecule has 2 rings (SSSR count). The number of nitrogens with two attached hydrogens (primary N) is 1. The van der Waals surface area contributed by atoms with Crippen molar-refractivity contribution in [3.63, 3.8) is 0 Å². The molecule has 1 saturated heterocycles. The van der Waals surface area contributed by atoms with E-state index in [1.54, 1.807) is 6.20 Å². The van der Waals surface area contributed by atoms with Crippen molar-refractivity contribution in [2.45, 2.75) is 38.4 Å². The second-order valence-electron chi connectivity index (χ2n) is 5.34. The Bertz CT molecular complexity index is 369. The maximum Gasteiger partial charge on any atom is 0.0589 e. The van der Waals surface area contributed by atoms with Gasteiger partial charge in [0.2, 0.25) is 0 Å². The van der Waals surface area contributed by atoms with Crippen LogP contribution in [0.1, 0.15) is 31.9 Å². The van der Waals surface area contributed by atoms with Gasteiger partial charge in [-0.2, -0.15) is 0 Å². The maximum atomic E-state index is 9.59. The Morgan fingerprint density at radius 1 is 1.61 bits per heavy atom. The van der Waals surface area contributed by atoms with Crippen LogP contribution in [0.25, 0.3) is 0 Å². The average molecular weight is 249 g/mol. The Labute approximate surface area is 109 Å². The summed E-state index contributed by atoms with van der Waals surface area (Å²) in [6.45, 7) is 5.41. The molecule has 0 amide bonds. The van der Waals surface area contributed by atoms with Crippen molar-refractivity contribution >= 4 is 0 Å². The van der Waals surface area contributed by atoms with Crippen LogP contribution in [0.4, 0.5) is 0 Å². The number of hydrogen-bond donors (Lipinski definition) is 2. The van der Waals surface area contributed by atoms with E-state index in [2.05, 4.69) is 22.9 Å². The fourth-order valence-corrected chi connectivity index (χ4v) is 3.02. The van der Waals surface area contributed by atoms with E-state index in [0.717, 1.165) is 18.5 Å². The first-order chi connectivity index (χ1) is 8.65. The fraction of sp³-hybridized carbons (Fsp3) is 0.643. The number of aliphatic hydroxyl groups is 1. The number of nitrogens with zero attached hydrogens (tertiary/aromatic N) is 2. The first-order valence-corrected chi connectivity index (χ1v) is 6.67. The summed E-state index contributed by atoms with van der Waals surface area (Å²) in [5, 5.41) is 9.59. The van der Waals surface area contributed by atoms with Gasteiger partial charge < -0.3 is 10.8 Å². The zero-order chi connectivity index (χ0) is 13.1. The van der Waals surface area contributed by atoms with E-state index in [1.807, 2.05) is 19.2 Å². The Balaban J connectivity index is 2.26. The number of aromatic nitrogens is 1. The molecule has 4 heteroatoms. The normalized spacial score (nSPS) is 28.2. The molecule has 1 aliphatic rings. The van der Waals surface area contributed by atoms with E-state index in [0.29, 0.717) is 5.92 Å². The van der Waals surface area contributed by atoms with Gasteiger partial charge in [0.15, 0.2) is 0 Å². The second kappa shape index (κ2) is 5.78. The van der Waals surface area contributed by atoms with Gasteiger partial charge >= 0.3 is 0 Å². The molecule has 1 fully saturated rings. The van der Waals surface area contributed by atoms with Gasteiger partial charge in [-0.1, -0.05) is 13.0 Å². The quantitative estimate of drug-likeness (QED) is 0.841. The van der Waals surface area contributed by atoms with Gasteiger partial charge in [-0.25, -0.2) is 0 Å². The minimum absolute atomic E-state index is 0.0218. The van der Waals surface area contributed by atoms with E-state index in [1.165, 1.54) is 0 Å². The van der Waals surface area contributed by atoms with E-state index in [-0.39, 0.29) is 24.7 Å². The largest absolute Gasteiger partial charge is 0.395 e. The molecule has 0 radical (unpaired) electrons. The third-order valence-corrected chi connectivity index (χ3v) is 3.99. The molecular weight excluding hydrogens is 226 g/mol. The van der Waals surface area contributed by atoms with Crippen molar-refractivity contribution in [2.24, 2.45) is 11.7 Å². The average Bonchev–Trinajstić information content (AvgIpc) is 2.71. The number of aliphatic hydroxyl groups excluding tert-OH is 1. The summed E-state index contributed by atoms with van der Waals surface area (Å²) in [5.74, 6) is 0.521. The summed E-state index contributed by atoms with van der Waals surface area (Å²) in [6.07, 6.45) is 4.78. The Hall–Kier alpha value is -0.970. The summed E-state index contributed by atoms with van der Waals surface area (Å²) in [4.78, 5) is 6.52.